The number of hydrogen-bond acceptors (Lipinski definition) is 2. The SMILES string of the molecule is Cc1cnc([C@@H]2CCN(Cc3ccccc3F)C2)[nH]1. The van der Waals surface area contributed by atoms with Crippen molar-refractivity contribution in [1.82, 2.24) is 14.9 Å². The van der Waals surface area contributed by atoms with Crippen molar-refractivity contribution in [2.45, 2.75) is 25.8 Å². The standard InChI is InChI=1S/C15H18FN3/c1-11-8-17-15(18-11)13-6-7-19(10-13)9-12-4-2-3-5-14(12)16/h2-5,8,13H,6-7,9-10H2,1H3,(H,17,18)/t13-/m1/s1. The molecule has 0 bridgehead atoms. The third kappa shape index (κ3) is 2.68. The Hall–Kier alpha value is -1.68. The van der Waals surface area contributed by atoms with Gasteiger partial charge in [-0.05, 0) is 26.0 Å². The molecule has 1 atom stereocenters. The third-order valence-corrected chi connectivity index (χ3v) is 3.73. The number of imidazole rings is 1. The number of aromatic amines is 1. The van der Waals surface area contributed by atoms with Gasteiger partial charge in [0.05, 0.1) is 0 Å². The Morgan fingerprint density at radius 3 is 3.00 bits per heavy atom. The lowest BCUT2D eigenvalue weighted by Crippen LogP contribution is -2.20. The number of halogens is 1. The lowest BCUT2D eigenvalue weighted by Gasteiger charge is -2.15. The molecule has 100 valence electrons. The number of aromatic nitrogens is 2. The molecule has 2 heterocycles. The molecular weight excluding hydrogens is 241 g/mol. The maximum atomic E-state index is 13.6. The van der Waals surface area contributed by atoms with Crippen LogP contribution in [0.1, 0.15) is 29.4 Å². The lowest BCUT2D eigenvalue weighted by molar-refractivity contribution is 0.320. The number of rotatable bonds is 3. The summed E-state index contributed by atoms with van der Waals surface area (Å²) in [5.74, 6) is 1.40. The van der Waals surface area contributed by atoms with Crippen LogP contribution < -0.4 is 0 Å². The fourth-order valence-electron chi connectivity index (χ4n) is 2.71. The fourth-order valence-corrected chi connectivity index (χ4v) is 2.71. The number of benzene rings is 1. The number of aryl methyl sites for hydroxylation is 1. The number of likely N-dealkylation sites (tertiary alicyclic amines) is 1. The minimum atomic E-state index is -0.111. The highest BCUT2D eigenvalue weighted by molar-refractivity contribution is 5.17. The topological polar surface area (TPSA) is 31.9 Å². The summed E-state index contributed by atoms with van der Waals surface area (Å²) in [6.07, 6.45) is 2.95. The summed E-state index contributed by atoms with van der Waals surface area (Å²) < 4.78 is 13.6. The normalized spacial score (nSPS) is 20.0. The number of nitrogens with one attached hydrogen (secondary N) is 1. The molecule has 1 saturated heterocycles. The van der Waals surface area contributed by atoms with Crippen molar-refractivity contribution in [3.63, 3.8) is 0 Å². The van der Waals surface area contributed by atoms with Gasteiger partial charge in [-0.2, -0.15) is 0 Å². The van der Waals surface area contributed by atoms with Gasteiger partial charge in [-0.3, -0.25) is 4.90 Å². The van der Waals surface area contributed by atoms with Crippen molar-refractivity contribution in [1.29, 1.82) is 0 Å². The Balaban J connectivity index is 1.65. The molecule has 4 heteroatoms. The first-order valence-corrected chi connectivity index (χ1v) is 6.69. The Morgan fingerprint density at radius 1 is 1.42 bits per heavy atom. The average Bonchev–Trinajstić information content (AvgIpc) is 3.01. The van der Waals surface area contributed by atoms with Crippen LogP contribution >= 0.6 is 0 Å². The predicted octanol–water partition coefficient (Wildman–Crippen LogP) is 2.85. The van der Waals surface area contributed by atoms with Gasteiger partial charge in [0.2, 0.25) is 0 Å². The molecule has 0 unspecified atom stereocenters. The van der Waals surface area contributed by atoms with E-state index in [9.17, 15) is 4.39 Å². The van der Waals surface area contributed by atoms with Gasteiger partial charge < -0.3 is 4.98 Å². The molecule has 3 rings (SSSR count). The van der Waals surface area contributed by atoms with Crippen LogP contribution in [0.15, 0.2) is 30.5 Å². The van der Waals surface area contributed by atoms with Crippen molar-refractivity contribution in [2.24, 2.45) is 0 Å². The van der Waals surface area contributed by atoms with Crippen LogP contribution in [0.2, 0.25) is 0 Å². The van der Waals surface area contributed by atoms with Crippen molar-refractivity contribution < 1.29 is 4.39 Å². The van der Waals surface area contributed by atoms with Crippen molar-refractivity contribution in [3.8, 4) is 0 Å². The Labute approximate surface area is 112 Å². The first-order chi connectivity index (χ1) is 9.22. The first kappa shape index (κ1) is 12.4. The molecule has 1 aromatic carbocycles. The number of hydrogen-bond donors (Lipinski definition) is 1. The minimum Gasteiger partial charge on any atom is -0.346 e. The zero-order valence-electron chi connectivity index (χ0n) is 11.1. The average molecular weight is 259 g/mol. The van der Waals surface area contributed by atoms with Crippen LogP contribution in [-0.4, -0.2) is 28.0 Å². The van der Waals surface area contributed by atoms with Crippen LogP contribution in [0.25, 0.3) is 0 Å². The largest absolute Gasteiger partial charge is 0.346 e. The van der Waals surface area contributed by atoms with Gasteiger partial charge in [0.1, 0.15) is 11.6 Å². The smallest absolute Gasteiger partial charge is 0.127 e. The molecule has 0 amide bonds. The summed E-state index contributed by atoms with van der Waals surface area (Å²) in [4.78, 5) is 10.00. The van der Waals surface area contributed by atoms with Crippen LogP contribution in [0.5, 0.6) is 0 Å². The van der Waals surface area contributed by atoms with E-state index in [0.717, 1.165) is 36.6 Å². The summed E-state index contributed by atoms with van der Waals surface area (Å²) in [5, 5.41) is 0. The molecule has 1 fully saturated rings. The van der Waals surface area contributed by atoms with Crippen LogP contribution in [0.4, 0.5) is 4.39 Å². The summed E-state index contributed by atoms with van der Waals surface area (Å²) in [7, 11) is 0. The summed E-state index contributed by atoms with van der Waals surface area (Å²) in [5.41, 5.74) is 1.88. The van der Waals surface area contributed by atoms with Crippen LogP contribution in [0, 0.1) is 12.7 Å². The molecule has 1 aliphatic heterocycles. The molecule has 19 heavy (non-hydrogen) atoms. The molecule has 1 aromatic heterocycles. The Bertz CT molecular complexity index is 564. The molecule has 0 saturated carbocycles. The second kappa shape index (κ2) is 5.13. The quantitative estimate of drug-likeness (QED) is 0.919. The maximum absolute atomic E-state index is 13.6. The highest BCUT2D eigenvalue weighted by Crippen LogP contribution is 2.26. The summed E-state index contributed by atoms with van der Waals surface area (Å²) in [6.45, 7) is 4.64. The molecule has 1 N–H and O–H groups in total. The van der Waals surface area contributed by atoms with Crippen molar-refractivity contribution >= 4 is 0 Å². The second-order valence-electron chi connectivity index (χ2n) is 5.26. The predicted molar refractivity (Wildman–Crippen MR) is 72.4 cm³/mol. The van der Waals surface area contributed by atoms with E-state index < -0.39 is 0 Å². The van der Waals surface area contributed by atoms with E-state index in [1.54, 1.807) is 6.07 Å². The van der Waals surface area contributed by atoms with Gasteiger partial charge in [0.15, 0.2) is 0 Å². The monoisotopic (exact) mass is 259 g/mol. The molecule has 1 aliphatic rings. The molecular formula is C15H18FN3. The van der Waals surface area contributed by atoms with Crippen molar-refractivity contribution in [2.75, 3.05) is 13.1 Å². The third-order valence-electron chi connectivity index (χ3n) is 3.73. The van der Waals surface area contributed by atoms with Crippen molar-refractivity contribution in [3.05, 3.63) is 53.4 Å². The van der Waals surface area contributed by atoms with Gasteiger partial charge in [0, 0.05) is 36.5 Å². The minimum absolute atomic E-state index is 0.111. The van der Waals surface area contributed by atoms with Gasteiger partial charge in [0.25, 0.3) is 0 Å². The van der Waals surface area contributed by atoms with E-state index in [1.165, 1.54) is 6.07 Å². The van der Waals surface area contributed by atoms with Gasteiger partial charge >= 0.3 is 0 Å². The van der Waals surface area contributed by atoms with Crippen LogP contribution in [0.3, 0.4) is 0 Å². The number of H-pyrrole nitrogens is 1. The molecule has 3 nitrogen and oxygen atoms in total. The van der Waals surface area contributed by atoms with E-state index >= 15 is 0 Å². The second-order valence-corrected chi connectivity index (χ2v) is 5.26. The zero-order chi connectivity index (χ0) is 13.2. The molecule has 0 spiro atoms. The Morgan fingerprint density at radius 2 is 2.26 bits per heavy atom. The molecule has 2 aromatic rings. The van der Waals surface area contributed by atoms with Gasteiger partial charge in [-0.15, -0.1) is 0 Å². The van der Waals surface area contributed by atoms with Gasteiger partial charge in [-0.25, -0.2) is 9.37 Å². The molecule has 0 aliphatic carbocycles. The maximum Gasteiger partial charge on any atom is 0.127 e. The van der Waals surface area contributed by atoms with E-state index in [1.807, 2.05) is 25.3 Å². The highest BCUT2D eigenvalue weighted by atomic mass is 19.1. The van der Waals surface area contributed by atoms with E-state index in [2.05, 4.69) is 14.9 Å². The highest BCUT2D eigenvalue weighted by Gasteiger charge is 2.26. The van der Waals surface area contributed by atoms with E-state index in [0.29, 0.717) is 12.5 Å². The summed E-state index contributed by atoms with van der Waals surface area (Å²) in [6, 6.07) is 7.01. The fraction of sp³-hybridized carbons (Fsp3) is 0.400. The lowest BCUT2D eigenvalue weighted by atomic mass is 10.1. The first-order valence-electron chi connectivity index (χ1n) is 6.69. The van der Waals surface area contributed by atoms with Gasteiger partial charge in [-0.1, -0.05) is 18.2 Å². The Kier molecular flexibility index (Phi) is 3.34. The van der Waals surface area contributed by atoms with E-state index in [-0.39, 0.29) is 5.82 Å². The molecule has 0 radical (unpaired) electrons. The number of nitrogens with zero attached hydrogens (tertiary/aromatic N) is 2. The zero-order valence-corrected chi connectivity index (χ0v) is 11.1. The summed E-state index contributed by atoms with van der Waals surface area (Å²) >= 11 is 0. The van der Waals surface area contributed by atoms with E-state index in [4.69, 9.17) is 0 Å². The van der Waals surface area contributed by atoms with Crippen LogP contribution in [-0.2, 0) is 6.54 Å².